The van der Waals surface area contributed by atoms with Crippen LogP contribution in [0.5, 0.6) is 0 Å². The summed E-state index contributed by atoms with van der Waals surface area (Å²) in [4.78, 5) is 0. The van der Waals surface area contributed by atoms with Crippen LogP contribution in [0.1, 0.15) is 51.9 Å². The van der Waals surface area contributed by atoms with E-state index in [0.717, 1.165) is 18.8 Å². The predicted molar refractivity (Wildman–Crippen MR) is 81.3 cm³/mol. The molecule has 1 N–H and O–H groups in total. The molecule has 0 aromatic rings. The highest BCUT2D eigenvalue weighted by Crippen LogP contribution is 2.53. The number of ether oxygens (including phenoxy) is 1. The maximum atomic E-state index is 10.1. The molecular weight excluding hydrogens is 248 g/mol. The standard InChI is InChI=1S/C18H26O2/c1-2-3-4-5-6-7-10-20-18-16(19)12-15-13-8-9-14(11-13)17(15)18/h8-9,12-15,19H,2-7,10-11H2,1H3. The largest absolute Gasteiger partial charge is 0.504 e. The van der Waals surface area contributed by atoms with Crippen molar-refractivity contribution in [3.05, 3.63) is 35.3 Å². The van der Waals surface area contributed by atoms with Gasteiger partial charge in [-0.2, -0.15) is 0 Å². The Kier molecular flexibility index (Phi) is 4.18. The van der Waals surface area contributed by atoms with Gasteiger partial charge in [0.15, 0.2) is 11.5 Å². The molecule has 110 valence electrons. The molecule has 0 aliphatic heterocycles. The number of allylic oxidation sites excluding steroid dienone is 4. The van der Waals surface area contributed by atoms with E-state index >= 15 is 0 Å². The summed E-state index contributed by atoms with van der Waals surface area (Å²) in [6, 6.07) is 0. The van der Waals surface area contributed by atoms with Crippen LogP contribution in [0.15, 0.2) is 35.3 Å². The van der Waals surface area contributed by atoms with E-state index in [1.165, 1.54) is 44.1 Å². The first-order valence-corrected chi connectivity index (χ1v) is 8.27. The molecule has 0 heterocycles. The van der Waals surface area contributed by atoms with Crippen molar-refractivity contribution in [2.24, 2.45) is 17.8 Å². The molecule has 0 radical (unpaired) electrons. The summed E-state index contributed by atoms with van der Waals surface area (Å²) in [5.41, 5.74) is 1.35. The smallest absolute Gasteiger partial charge is 0.160 e. The van der Waals surface area contributed by atoms with Crippen LogP contribution in [-0.4, -0.2) is 11.7 Å². The van der Waals surface area contributed by atoms with Gasteiger partial charge in [0.1, 0.15) is 0 Å². The van der Waals surface area contributed by atoms with Gasteiger partial charge in [0.25, 0.3) is 0 Å². The first-order valence-electron chi connectivity index (χ1n) is 8.27. The van der Waals surface area contributed by atoms with Crippen molar-refractivity contribution in [3.63, 3.8) is 0 Å². The maximum absolute atomic E-state index is 10.1. The fourth-order valence-corrected chi connectivity index (χ4v) is 3.84. The molecule has 2 nitrogen and oxygen atoms in total. The summed E-state index contributed by atoms with van der Waals surface area (Å²) < 4.78 is 5.92. The van der Waals surface area contributed by atoms with Gasteiger partial charge >= 0.3 is 0 Å². The van der Waals surface area contributed by atoms with Gasteiger partial charge in [-0.15, -0.1) is 0 Å². The van der Waals surface area contributed by atoms with Crippen molar-refractivity contribution in [2.75, 3.05) is 6.61 Å². The Bertz CT molecular complexity index is 444. The van der Waals surface area contributed by atoms with E-state index < -0.39 is 0 Å². The SMILES string of the molecule is CCCCCCCCOC1=C2C3C=CC(C3)C2C=C1O. The molecule has 0 spiro atoms. The molecular formula is C18H26O2. The highest BCUT2D eigenvalue weighted by atomic mass is 16.5. The fraction of sp³-hybridized carbons (Fsp3) is 0.667. The Morgan fingerprint density at radius 1 is 1.15 bits per heavy atom. The molecule has 0 amide bonds. The summed E-state index contributed by atoms with van der Waals surface area (Å²) in [6.45, 7) is 2.99. The molecule has 20 heavy (non-hydrogen) atoms. The van der Waals surface area contributed by atoms with Crippen molar-refractivity contribution < 1.29 is 9.84 Å². The van der Waals surface area contributed by atoms with E-state index in [2.05, 4.69) is 19.1 Å². The number of hydrogen-bond acceptors (Lipinski definition) is 2. The minimum atomic E-state index is 0.384. The minimum Gasteiger partial charge on any atom is -0.504 e. The van der Waals surface area contributed by atoms with Crippen LogP contribution in [0.4, 0.5) is 0 Å². The monoisotopic (exact) mass is 274 g/mol. The normalized spacial score (nSPS) is 30.1. The van der Waals surface area contributed by atoms with Gasteiger partial charge in [0.2, 0.25) is 0 Å². The van der Waals surface area contributed by atoms with Gasteiger partial charge in [-0.25, -0.2) is 0 Å². The summed E-state index contributed by atoms with van der Waals surface area (Å²) in [6.07, 6.45) is 15.4. The van der Waals surface area contributed by atoms with Crippen LogP contribution >= 0.6 is 0 Å². The van der Waals surface area contributed by atoms with E-state index in [1.807, 2.05) is 6.08 Å². The highest BCUT2D eigenvalue weighted by molar-refractivity contribution is 5.46. The van der Waals surface area contributed by atoms with Crippen molar-refractivity contribution in [1.29, 1.82) is 0 Å². The van der Waals surface area contributed by atoms with Crippen molar-refractivity contribution in [2.45, 2.75) is 51.9 Å². The number of unbranched alkanes of at least 4 members (excludes halogenated alkanes) is 5. The molecule has 2 bridgehead atoms. The molecule has 0 saturated heterocycles. The van der Waals surface area contributed by atoms with Crippen LogP contribution in [0, 0.1) is 17.8 Å². The zero-order valence-electron chi connectivity index (χ0n) is 12.5. The molecule has 3 rings (SSSR count). The molecule has 1 fully saturated rings. The first kappa shape index (κ1) is 13.8. The lowest BCUT2D eigenvalue weighted by atomic mass is 9.91. The molecule has 3 aliphatic rings. The second-order valence-corrected chi connectivity index (χ2v) is 6.37. The average molecular weight is 274 g/mol. The fourth-order valence-electron chi connectivity index (χ4n) is 3.84. The van der Waals surface area contributed by atoms with Gasteiger partial charge < -0.3 is 9.84 Å². The predicted octanol–water partition coefficient (Wildman–Crippen LogP) is 4.90. The number of fused-ring (bicyclic) bond motifs is 5. The summed E-state index contributed by atoms with van der Waals surface area (Å²) in [5, 5.41) is 10.1. The zero-order chi connectivity index (χ0) is 13.9. The third-order valence-electron chi connectivity index (χ3n) is 4.91. The second-order valence-electron chi connectivity index (χ2n) is 6.37. The lowest BCUT2D eigenvalue weighted by Gasteiger charge is -2.16. The number of rotatable bonds is 8. The Labute approximate surface area is 122 Å². The van der Waals surface area contributed by atoms with Gasteiger partial charge in [-0.1, -0.05) is 51.2 Å². The van der Waals surface area contributed by atoms with Gasteiger partial charge in [0.05, 0.1) is 6.61 Å². The quantitative estimate of drug-likeness (QED) is 0.504. The summed E-state index contributed by atoms with van der Waals surface area (Å²) in [7, 11) is 0. The number of aliphatic hydroxyl groups is 1. The van der Waals surface area contributed by atoms with Crippen LogP contribution < -0.4 is 0 Å². The van der Waals surface area contributed by atoms with Crippen LogP contribution in [0.2, 0.25) is 0 Å². The zero-order valence-corrected chi connectivity index (χ0v) is 12.5. The third kappa shape index (κ3) is 2.53. The second kappa shape index (κ2) is 6.07. The van der Waals surface area contributed by atoms with E-state index in [0.29, 0.717) is 23.5 Å². The van der Waals surface area contributed by atoms with Gasteiger partial charge in [0, 0.05) is 11.8 Å². The topological polar surface area (TPSA) is 29.5 Å². The molecule has 1 saturated carbocycles. The third-order valence-corrected chi connectivity index (χ3v) is 4.91. The molecule has 3 atom stereocenters. The average Bonchev–Trinajstić information content (AvgIpc) is 3.10. The van der Waals surface area contributed by atoms with Crippen molar-refractivity contribution in [1.82, 2.24) is 0 Å². The van der Waals surface area contributed by atoms with Crippen LogP contribution in [0.25, 0.3) is 0 Å². The van der Waals surface area contributed by atoms with E-state index in [9.17, 15) is 5.11 Å². The Hall–Kier alpha value is -1.18. The Morgan fingerprint density at radius 2 is 1.95 bits per heavy atom. The Balaban J connectivity index is 1.47. The van der Waals surface area contributed by atoms with Crippen LogP contribution in [0.3, 0.4) is 0 Å². The molecule has 3 aliphatic carbocycles. The number of hydrogen-bond donors (Lipinski definition) is 1. The minimum absolute atomic E-state index is 0.384. The summed E-state index contributed by atoms with van der Waals surface area (Å²) >= 11 is 0. The van der Waals surface area contributed by atoms with Crippen molar-refractivity contribution in [3.8, 4) is 0 Å². The Morgan fingerprint density at radius 3 is 2.80 bits per heavy atom. The first-order chi connectivity index (χ1) is 9.81. The van der Waals surface area contributed by atoms with Gasteiger partial charge in [-0.05, 0) is 30.4 Å². The number of aliphatic hydroxyl groups excluding tert-OH is 1. The van der Waals surface area contributed by atoms with E-state index in [1.54, 1.807) is 0 Å². The molecule has 0 aromatic carbocycles. The van der Waals surface area contributed by atoms with E-state index in [-0.39, 0.29) is 0 Å². The molecule has 2 heteroatoms. The van der Waals surface area contributed by atoms with Gasteiger partial charge in [-0.3, -0.25) is 0 Å². The molecule has 0 aromatic heterocycles. The molecule has 3 unspecified atom stereocenters. The van der Waals surface area contributed by atoms with Crippen LogP contribution in [-0.2, 0) is 4.74 Å². The lowest BCUT2D eigenvalue weighted by Crippen LogP contribution is -2.07. The summed E-state index contributed by atoms with van der Waals surface area (Å²) in [5.74, 6) is 2.73. The van der Waals surface area contributed by atoms with Crippen molar-refractivity contribution >= 4 is 0 Å². The van der Waals surface area contributed by atoms with E-state index in [4.69, 9.17) is 4.74 Å². The lowest BCUT2D eigenvalue weighted by molar-refractivity contribution is 0.186. The highest BCUT2D eigenvalue weighted by Gasteiger charge is 2.45. The maximum Gasteiger partial charge on any atom is 0.160 e.